The number of amides is 1. The number of carbonyl (C=O) groups excluding carboxylic acids is 1. The summed E-state index contributed by atoms with van der Waals surface area (Å²) in [4.78, 5) is 22.5. The summed E-state index contributed by atoms with van der Waals surface area (Å²) in [5.74, 6) is -2.37. The lowest BCUT2D eigenvalue weighted by Gasteiger charge is -2.32. The molecule has 34 heavy (non-hydrogen) atoms. The van der Waals surface area contributed by atoms with E-state index in [4.69, 9.17) is 4.74 Å². The first-order valence-electron chi connectivity index (χ1n) is 10.9. The van der Waals surface area contributed by atoms with Gasteiger partial charge in [-0.05, 0) is 57.0 Å². The zero-order valence-corrected chi connectivity index (χ0v) is 18.5. The molecule has 0 unspecified atom stereocenters. The van der Waals surface area contributed by atoms with Crippen LogP contribution in [0.2, 0.25) is 6.82 Å². The van der Waals surface area contributed by atoms with E-state index >= 15 is 0 Å². The van der Waals surface area contributed by atoms with Gasteiger partial charge in [0.05, 0.1) is 5.69 Å². The number of ether oxygens (including phenoxy) is 1. The fourth-order valence-corrected chi connectivity index (χ4v) is 3.70. The highest BCUT2D eigenvalue weighted by molar-refractivity contribution is 6.45. The van der Waals surface area contributed by atoms with Crippen molar-refractivity contribution in [1.82, 2.24) is 14.8 Å². The first-order chi connectivity index (χ1) is 16.4. The maximum Gasteiger partial charge on any atom is 0.376 e. The number of halogens is 2. The van der Waals surface area contributed by atoms with Crippen molar-refractivity contribution in [1.29, 1.82) is 0 Å². The molecule has 11 heteroatoms. The van der Waals surface area contributed by atoms with Gasteiger partial charge in [-0.3, -0.25) is 9.78 Å². The highest BCUT2D eigenvalue weighted by atomic mass is 19.1. The minimum atomic E-state index is -0.851. The van der Waals surface area contributed by atoms with Gasteiger partial charge in [0.25, 0.3) is 5.91 Å². The smallest absolute Gasteiger partial charge is 0.376 e. The number of anilines is 3. The molecule has 3 N–H and O–H groups in total. The molecule has 1 aromatic carbocycles. The quantitative estimate of drug-likeness (QED) is 0.456. The Kier molecular flexibility index (Phi) is 7.34. The van der Waals surface area contributed by atoms with Gasteiger partial charge in [-0.25, -0.2) is 13.8 Å². The summed E-state index contributed by atoms with van der Waals surface area (Å²) in [5, 5.41) is 15.2. The Morgan fingerprint density at radius 3 is 2.47 bits per heavy atom. The SMILES string of the molecule is CB(O)N1CCC(Oc2c(F)cc(Nc3ncccc3NC(=O)c3ccccn3)cc2F)CC1. The van der Waals surface area contributed by atoms with Gasteiger partial charge in [-0.1, -0.05) is 6.07 Å². The molecule has 0 radical (unpaired) electrons. The Balaban J connectivity index is 1.46. The van der Waals surface area contributed by atoms with Crippen LogP contribution in [-0.4, -0.2) is 52.0 Å². The van der Waals surface area contributed by atoms with E-state index in [0.717, 1.165) is 12.1 Å². The van der Waals surface area contributed by atoms with Crippen LogP contribution >= 0.6 is 0 Å². The third-order valence-corrected chi connectivity index (χ3v) is 5.50. The molecule has 0 spiro atoms. The molecule has 2 aromatic heterocycles. The lowest BCUT2D eigenvalue weighted by molar-refractivity contribution is 0.102. The number of hydrogen-bond acceptors (Lipinski definition) is 7. The van der Waals surface area contributed by atoms with Crippen LogP contribution in [0.15, 0.2) is 54.9 Å². The van der Waals surface area contributed by atoms with Crippen molar-refractivity contribution in [2.24, 2.45) is 0 Å². The van der Waals surface area contributed by atoms with Crippen molar-refractivity contribution in [3.05, 3.63) is 72.2 Å². The summed E-state index contributed by atoms with van der Waals surface area (Å²) < 4.78 is 35.1. The topological polar surface area (TPSA) is 99.6 Å². The molecule has 3 aromatic rings. The maximum absolute atomic E-state index is 14.8. The van der Waals surface area contributed by atoms with E-state index in [2.05, 4.69) is 20.6 Å². The Morgan fingerprint density at radius 1 is 1.12 bits per heavy atom. The second-order valence-corrected chi connectivity index (χ2v) is 7.95. The van der Waals surface area contributed by atoms with Gasteiger partial charge in [0.1, 0.15) is 11.8 Å². The van der Waals surface area contributed by atoms with Crippen molar-refractivity contribution in [2.45, 2.75) is 25.8 Å². The number of piperidine rings is 1. The molecular weight excluding hydrogens is 443 g/mol. The van der Waals surface area contributed by atoms with Crippen molar-refractivity contribution in [3.63, 3.8) is 0 Å². The molecule has 8 nitrogen and oxygen atoms in total. The molecule has 176 valence electrons. The number of pyridine rings is 2. The summed E-state index contributed by atoms with van der Waals surface area (Å²) >= 11 is 0. The van der Waals surface area contributed by atoms with Gasteiger partial charge in [0.2, 0.25) is 0 Å². The Labute approximate surface area is 196 Å². The van der Waals surface area contributed by atoms with Crippen molar-refractivity contribution in [3.8, 4) is 5.75 Å². The van der Waals surface area contributed by atoms with Gasteiger partial charge in [0.15, 0.2) is 23.2 Å². The van der Waals surface area contributed by atoms with Gasteiger partial charge < -0.3 is 25.2 Å². The molecule has 1 amide bonds. The summed E-state index contributed by atoms with van der Waals surface area (Å²) in [7, 11) is -0.565. The summed E-state index contributed by atoms with van der Waals surface area (Å²) in [6.45, 7) is 2.85. The van der Waals surface area contributed by atoms with Gasteiger partial charge in [0, 0.05) is 30.2 Å². The first-order valence-corrected chi connectivity index (χ1v) is 10.9. The average molecular weight is 467 g/mol. The molecule has 0 atom stereocenters. The van der Waals surface area contributed by atoms with E-state index in [1.807, 2.05) is 4.81 Å². The lowest BCUT2D eigenvalue weighted by Crippen LogP contribution is -2.45. The monoisotopic (exact) mass is 467 g/mol. The predicted molar refractivity (Wildman–Crippen MR) is 125 cm³/mol. The first kappa shape index (κ1) is 23.6. The Morgan fingerprint density at radius 2 is 1.82 bits per heavy atom. The van der Waals surface area contributed by atoms with Gasteiger partial charge >= 0.3 is 7.05 Å². The predicted octanol–water partition coefficient (Wildman–Crippen LogP) is 3.70. The minimum absolute atomic E-state index is 0.110. The summed E-state index contributed by atoms with van der Waals surface area (Å²) in [6.07, 6.45) is 3.75. The molecule has 0 saturated carbocycles. The van der Waals surface area contributed by atoms with Gasteiger partial charge in [-0.2, -0.15) is 0 Å². The van der Waals surface area contributed by atoms with Crippen LogP contribution in [0, 0.1) is 11.6 Å². The lowest BCUT2D eigenvalue weighted by atomic mass is 9.82. The van der Waals surface area contributed by atoms with E-state index in [0.29, 0.717) is 31.6 Å². The van der Waals surface area contributed by atoms with Crippen LogP contribution in [0.4, 0.5) is 26.0 Å². The number of rotatable bonds is 7. The van der Waals surface area contributed by atoms with Crippen LogP contribution in [0.3, 0.4) is 0 Å². The van der Waals surface area contributed by atoms with E-state index in [1.165, 1.54) is 12.4 Å². The standard InChI is InChI=1S/C23H24BF2N5O3/c1-24(33)31-11-7-16(8-12-31)34-21-17(25)13-15(14-18(21)26)29-22-19(6-4-10-28-22)30-23(32)20-5-2-3-9-27-20/h2-6,9-10,13-14,16,33H,7-8,11-12H2,1H3,(H,28,29)(H,30,32). The van der Waals surface area contributed by atoms with Crippen LogP contribution < -0.4 is 15.4 Å². The largest absolute Gasteiger partial charge is 0.484 e. The fraction of sp³-hybridized carbons (Fsp3) is 0.261. The van der Waals surface area contributed by atoms with Crippen LogP contribution in [0.1, 0.15) is 23.3 Å². The third kappa shape index (κ3) is 5.67. The average Bonchev–Trinajstić information content (AvgIpc) is 2.83. The molecule has 1 aliphatic heterocycles. The van der Waals surface area contributed by atoms with Crippen molar-refractivity contribution in [2.75, 3.05) is 23.7 Å². The molecule has 3 heterocycles. The fourth-order valence-electron chi connectivity index (χ4n) is 3.70. The van der Waals surface area contributed by atoms with Crippen molar-refractivity contribution < 1.29 is 23.3 Å². The van der Waals surface area contributed by atoms with Crippen LogP contribution in [-0.2, 0) is 0 Å². The summed E-state index contributed by atoms with van der Waals surface area (Å²) in [5.41, 5.74) is 0.651. The normalized spacial score (nSPS) is 14.5. The molecule has 1 aliphatic rings. The van der Waals surface area contributed by atoms with E-state index < -0.39 is 30.3 Å². The van der Waals surface area contributed by atoms with E-state index in [-0.39, 0.29) is 23.3 Å². The number of hydrogen-bond donors (Lipinski definition) is 3. The second-order valence-electron chi connectivity index (χ2n) is 7.95. The molecular formula is C23H24BF2N5O3. The Hall–Kier alpha value is -3.57. The minimum Gasteiger partial charge on any atom is -0.484 e. The third-order valence-electron chi connectivity index (χ3n) is 5.50. The number of carbonyl (C=O) groups is 1. The summed E-state index contributed by atoms with van der Waals surface area (Å²) in [6, 6.07) is 10.4. The molecule has 0 aliphatic carbocycles. The zero-order valence-electron chi connectivity index (χ0n) is 18.5. The number of nitrogens with zero attached hydrogens (tertiary/aromatic N) is 3. The number of aromatic nitrogens is 2. The molecule has 4 rings (SSSR count). The van der Waals surface area contributed by atoms with Gasteiger partial charge in [-0.15, -0.1) is 0 Å². The maximum atomic E-state index is 14.8. The second kappa shape index (κ2) is 10.6. The molecule has 0 bridgehead atoms. The zero-order chi connectivity index (χ0) is 24.1. The number of nitrogens with one attached hydrogen (secondary N) is 2. The van der Waals surface area contributed by atoms with Crippen LogP contribution in [0.25, 0.3) is 0 Å². The highest BCUT2D eigenvalue weighted by Crippen LogP contribution is 2.31. The molecule has 1 saturated heterocycles. The highest BCUT2D eigenvalue weighted by Gasteiger charge is 2.26. The van der Waals surface area contributed by atoms with Crippen molar-refractivity contribution >= 4 is 30.2 Å². The van der Waals surface area contributed by atoms with Crippen LogP contribution in [0.5, 0.6) is 5.75 Å². The molecule has 1 fully saturated rings. The van der Waals surface area contributed by atoms with E-state index in [9.17, 15) is 18.6 Å². The Bertz CT molecular complexity index is 1120. The van der Waals surface area contributed by atoms with E-state index in [1.54, 1.807) is 37.2 Å². The number of benzene rings is 1.